The Balaban J connectivity index is 1.03. The van der Waals surface area contributed by atoms with Gasteiger partial charge in [-0.15, -0.1) is 0 Å². The summed E-state index contributed by atoms with van der Waals surface area (Å²) in [6.45, 7) is 0. The van der Waals surface area contributed by atoms with Gasteiger partial charge < -0.3 is 10.6 Å². The molecule has 0 saturated heterocycles. The summed E-state index contributed by atoms with van der Waals surface area (Å²) in [5, 5.41) is 18.5. The van der Waals surface area contributed by atoms with Crippen molar-refractivity contribution >= 4 is 102 Å². The molecule has 0 unspecified atom stereocenters. The number of hydrogen-bond acceptors (Lipinski definition) is 3. The van der Waals surface area contributed by atoms with Crippen molar-refractivity contribution in [1.29, 1.82) is 0 Å². The van der Waals surface area contributed by atoms with Gasteiger partial charge in [-0.25, -0.2) is 20.8 Å². The Hall–Kier alpha value is -7.54. The number of rotatable bonds is 4. The lowest BCUT2D eigenvalue weighted by molar-refractivity contribution is 0.617. The van der Waals surface area contributed by atoms with Crippen LogP contribution in [0.4, 0.5) is 0 Å². The van der Waals surface area contributed by atoms with Crippen molar-refractivity contribution in [3.63, 3.8) is 0 Å². The molecule has 8 aromatic rings. The highest BCUT2D eigenvalue weighted by atomic mass is 15.5. The smallest absolute Gasteiger partial charge is 0.225 e. The van der Waals surface area contributed by atoms with Crippen LogP contribution in [0, 0.1) is 0 Å². The van der Waals surface area contributed by atoms with E-state index in [0.717, 1.165) is 67.3 Å². The van der Waals surface area contributed by atoms with E-state index in [2.05, 4.69) is 181 Å². The summed E-state index contributed by atoms with van der Waals surface area (Å²) in [4.78, 5) is 10.8. The molecule has 262 valence electrons. The highest BCUT2D eigenvalue weighted by molar-refractivity contribution is 6.19. The van der Waals surface area contributed by atoms with E-state index in [1.54, 1.807) is 5.01 Å². The summed E-state index contributed by atoms with van der Waals surface area (Å²) in [6, 6.07) is 51.1. The maximum Gasteiger partial charge on any atom is 0.225 e. The van der Waals surface area contributed by atoms with E-state index in [0.29, 0.717) is 11.9 Å². The molecule has 4 aliphatic rings. The van der Waals surface area contributed by atoms with Crippen LogP contribution in [0.3, 0.4) is 0 Å². The second kappa shape index (κ2) is 11.7. The molecular formula is C50H32N6. The summed E-state index contributed by atoms with van der Waals surface area (Å²) in [5.74, 6) is 8.27. The first-order valence-electron chi connectivity index (χ1n) is 18.9. The Morgan fingerprint density at radius 1 is 0.375 bits per heavy atom. The fourth-order valence-electron chi connectivity index (χ4n) is 9.00. The highest BCUT2D eigenvalue weighted by Crippen LogP contribution is 2.41. The highest BCUT2D eigenvalue weighted by Gasteiger charge is 2.27. The topological polar surface area (TPSA) is 78.0 Å². The molecule has 0 radical (unpaired) electrons. The van der Waals surface area contributed by atoms with Crippen LogP contribution in [-0.2, 0) is 0 Å². The number of hydrazine groups is 1. The number of hydrogen-bond donors (Lipinski definition) is 3. The molecule has 56 heavy (non-hydrogen) atoms. The number of guanidine groups is 2. The minimum absolute atomic E-state index is 0.423. The molecule has 6 nitrogen and oxygen atoms in total. The molecule has 0 amide bonds. The van der Waals surface area contributed by atoms with E-state index in [1.165, 1.54) is 43.1 Å². The molecule has 0 bridgehead atoms. The van der Waals surface area contributed by atoms with Crippen molar-refractivity contribution in [2.45, 2.75) is 0 Å². The monoisotopic (exact) mass is 716 g/mol. The van der Waals surface area contributed by atoms with Gasteiger partial charge in [-0.2, -0.15) is 0 Å². The van der Waals surface area contributed by atoms with Crippen LogP contribution >= 0.6 is 0 Å². The van der Waals surface area contributed by atoms with Crippen LogP contribution in [0.2, 0.25) is 0 Å². The Morgan fingerprint density at radius 2 is 0.679 bits per heavy atom. The van der Waals surface area contributed by atoms with Gasteiger partial charge in [0, 0.05) is 33.6 Å². The largest absolute Gasteiger partial charge is 0.324 e. The Labute approximate surface area is 322 Å². The molecule has 0 saturated carbocycles. The second-order valence-corrected chi connectivity index (χ2v) is 14.7. The van der Waals surface area contributed by atoms with Crippen molar-refractivity contribution < 1.29 is 0 Å². The van der Waals surface area contributed by atoms with Crippen LogP contribution in [-0.4, -0.2) is 16.9 Å². The fourth-order valence-corrected chi connectivity index (χ4v) is 9.00. The van der Waals surface area contributed by atoms with Gasteiger partial charge in [0.2, 0.25) is 11.9 Å². The average Bonchev–Trinajstić information content (AvgIpc) is 3.99. The standard InChI is InChI=1S/C50H32N6/c51-56(49(52-41-25-33-17-1-9-29-13-5-21-37(41)45(29)33)53-42-26-34-18-2-10-30-14-6-22-38(42)46(30)34)50(54-43-27-35-19-3-11-31-15-7-23-39(43)47(31)35)55-44-28-36-20-4-12-32-16-8-24-40(44)48(32)36/h1-28H,51H2,(H,52,53)(H,54,55). The molecule has 0 aromatic heterocycles. The average molecular weight is 717 g/mol. The van der Waals surface area contributed by atoms with E-state index in [4.69, 9.17) is 15.8 Å². The zero-order valence-corrected chi connectivity index (χ0v) is 30.1. The Kier molecular flexibility index (Phi) is 6.47. The maximum absolute atomic E-state index is 7.42. The number of nitrogens with one attached hydrogen (secondary N) is 2. The van der Waals surface area contributed by atoms with Gasteiger partial charge in [0.25, 0.3) is 0 Å². The normalized spacial score (nSPS) is 14.8. The number of aliphatic imine (C=N–C) groups is 2. The number of nitrogens with two attached hydrogens (primary N) is 1. The van der Waals surface area contributed by atoms with Gasteiger partial charge >= 0.3 is 0 Å². The van der Waals surface area contributed by atoms with Crippen LogP contribution in [0.5, 0.6) is 0 Å². The van der Waals surface area contributed by atoms with Crippen molar-refractivity contribution in [2.24, 2.45) is 15.8 Å². The molecule has 0 fully saturated rings. The third-order valence-electron chi connectivity index (χ3n) is 11.5. The summed E-state index contributed by atoms with van der Waals surface area (Å²) in [6.07, 6.45) is 8.64. The van der Waals surface area contributed by atoms with Crippen LogP contribution in [0.1, 0.15) is 44.5 Å². The van der Waals surface area contributed by atoms with Crippen LogP contribution < -0.4 is 16.5 Å². The molecule has 8 aromatic carbocycles. The van der Waals surface area contributed by atoms with Crippen LogP contribution in [0.15, 0.2) is 156 Å². The molecule has 0 spiro atoms. The second-order valence-electron chi connectivity index (χ2n) is 14.7. The minimum Gasteiger partial charge on any atom is -0.324 e. The van der Waals surface area contributed by atoms with Gasteiger partial charge in [-0.1, -0.05) is 146 Å². The molecule has 6 heteroatoms. The lowest BCUT2D eigenvalue weighted by atomic mass is 10.0. The molecule has 0 heterocycles. The van der Waals surface area contributed by atoms with Crippen molar-refractivity contribution in [1.82, 2.24) is 15.6 Å². The Bertz CT molecular complexity index is 3030. The van der Waals surface area contributed by atoms with Gasteiger partial charge in [-0.05, 0) is 89.6 Å². The summed E-state index contributed by atoms with van der Waals surface area (Å²) in [7, 11) is 0. The molecule has 4 aliphatic carbocycles. The van der Waals surface area contributed by atoms with Gasteiger partial charge in [0.05, 0.1) is 11.4 Å². The molecule has 0 aliphatic heterocycles. The Morgan fingerprint density at radius 3 is 1.05 bits per heavy atom. The predicted molar refractivity (Wildman–Crippen MR) is 234 cm³/mol. The van der Waals surface area contributed by atoms with Gasteiger partial charge in [0.1, 0.15) is 0 Å². The van der Waals surface area contributed by atoms with E-state index in [9.17, 15) is 0 Å². The quantitative estimate of drug-likeness (QED) is 0.0733. The molecular weight excluding hydrogens is 685 g/mol. The fraction of sp³-hybridized carbons (Fsp3) is 0. The van der Waals surface area contributed by atoms with Crippen molar-refractivity contribution in [2.75, 3.05) is 0 Å². The zero-order chi connectivity index (χ0) is 36.9. The zero-order valence-electron chi connectivity index (χ0n) is 30.1. The van der Waals surface area contributed by atoms with Gasteiger partial charge in [0.15, 0.2) is 0 Å². The van der Waals surface area contributed by atoms with Crippen molar-refractivity contribution in [3.8, 4) is 0 Å². The first-order valence-corrected chi connectivity index (χ1v) is 18.9. The first kappa shape index (κ1) is 30.9. The molecule has 12 rings (SSSR count). The number of nitrogens with zero attached hydrogens (tertiary/aromatic N) is 3. The predicted octanol–water partition coefficient (Wildman–Crippen LogP) is 10.7. The number of benzene rings is 8. The van der Waals surface area contributed by atoms with E-state index < -0.39 is 0 Å². The van der Waals surface area contributed by atoms with E-state index in [-0.39, 0.29) is 0 Å². The lowest BCUT2D eigenvalue weighted by Gasteiger charge is -2.25. The minimum atomic E-state index is 0.423. The summed E-state index contributed by atoms with van der Waals surface area (Å²) >= 11 is 0. The third kappa shape index (κ3) is 4.60. The third-order valence-corrected chi connectivity index (χ3v) is 11.5. The SMILES string of the molecule is NN(C(=NC1=Cc2cccc3cccc1c23)NC1=Cc2cccc3cccc1c23)C(=NC1=Cc2cccc3cccc1c23)NC1=Cc2cccc3cccc1c23. The summed E-state index contributed by atoms with van der Waals surface area (Å²) < 4.78 is 0. The maximum atomic E-state index is 7.42. The van der Waals surface area contributed by atoms with Gasteiger partial charge in [-0.3, -0.25) is 0 Å². The van der Waals surface area contributed by atoms with Crippen molar-refractivity contribution in [3.05, 3.63) is 190 Å². The molecule has 0 atom stereocenters. The lowest BCUT2D eigenvalue weighted by Crippen LogP contribution is -2.53. The first-order chi connectivity index (χ1) is 27.6. The van der Waals surface area contributed by atoms with Crippen LogP contribution in [0.25, 0.3) is 90.2 Å². The summed E-state index contributed by atoms with van der Waals surface area (Å²) in [5.41, 5.74) is 12.3. The van der Waals surface area contributed by atoms with E-state index in [1.807, 2.05) is 0 Å². The van der Waals surface area contributed by atoms with E-state index >= 15 is 0 Å². The molecule has 4 N–H and O–H groups in total.